The Labute approximate surface area is 215 Å². The van der Waals surface area contributed by atoms with E-state index in [9.17, 15) is 0 Å². The van der Waals surface area contributed by atoms with Crippen molar-refractivity contribution in [2.45, 2.75) is 6.17 Å². The maximum absolute atomic E-state index is 5.31. The molecule has 5 aromatic carbocycles. The third kappa shape index (κ3) is 2.98. The van der Waals surface area contributed by atoms with Crippen molar-refractivity contribution in [2.75, 3.05) is 5.32 Å². The highest BCUT2D eigenvalue weighted by Gasteiger charge is 2.37. The van der Waals surface area contributed by atoms with Crippen LogP contribution in [0.3, 0.4) is 0 Å². The van der Waals surface area contributed by atoms with Crippen molar-refractivity contribution in [3.8, 4) is 33.6 Å². The monoisotopic (exact) mass is 473 g/mol. The molecule has 1 N–H and O–H groups in total. The van der Waals surface area contributed by atoms with E-state index in [2.05, 4.69) is 137 Å². The van der Waals surface area contributed by atoms with E-state index in [1.807, 2.05) is 0 Å². The summed E-state index contributed by atoms with van der Waals surface area (Å²) >= 11 is 0. The first-order valence-corrected chi connectivity index (χ1v) is 12.7. The summed E-state index contributed by atoms with van der Waals surface area (Å²) in [4.78, 5) is 5.31. The van der Waals surface area contributed by atoms with Crippen LogP contribution < -0.4 is 5.32 Å². The second-order valence-corrected chi connectivity index (χ2v) is 9.66. The molecule has 3 heterocycles. The number of fused-ring (bicyclic) bond motifs is 9. The van der Waals surface area contributed by atoms with E-state index < -0.39 is 0 Å². The van der Waals surface area contributed by atoms with Crippen molar-refractivity contribution in [3.63, 3.8) is 0 Å². The first-order valence-electron chi connectivity index (χ1n) is 12.7. The molecule has 2 aliphatic rings. The molecule has 37 heavy (non-hydrogen) atoms. The second-order valence-electron chi connectivity index (χ2n) is 9.66. The van der Waals surface area contributed by atoms with Crippen LogP contribution in [0, 0.1) is 0 Å². The summed E-state index contributed by atoms with van der Waals surface area (Å²) in [6, 6.07) is 45.3. The molecule has 0 saturated carbocycles. The van der Waals surface area contributed by atoms with Crippen molar-refractivity contribution in [1.82, 2.24) is 4.57 Å². The molecule has 0 saturated heterocycles. The van der Waals surface area contributed by atoms with Crippen molar-refractivity contribution in [3.05, 3.63) is 133 Å². The average molecular weight is 474 g/mol. The zero-order valence-corrected chi connectivity index (χ0v) is 20.1. The van der Waals surface area contributed by atoms with Crippen LogP contribution in [0.15, 0.2) is 132 Å². The zero-order chi connectivity index (χ0) is 24.3. The standard InChI is InChI=1S/C34H23N3/c1-3-11-22(12-4-1)27-21-30(24-14-5-2-6-15-24)37-33(27)26-20-19-23-13-7-8-16-25(23)31(26)32-34(37)36-29-18-10-9-17-28(29)35-32/h1-21,34,36H. The molecular formula is C34H23N3. The van der Waals surface area contributed by atoms with Crippen molar-refractivity contribution >= 4 is 27.9 Å². The van der Waals surface area contributed by atoms with E-state index in [1.165, 1.54) is 50.0 Å². The van der Waals surface area contributed by atoms with Crippen LogP contribution in [-0.2, 0) is 0 Å². The predicted octanol–water partition coefficient (Wildman–Crippen LogP) is 8.70. The minimum absolute atomic E-state index is 0.129. The third-order valence-electron chi connectivity index (χ3n) is 7.59. The van der Waals surface area contributed by atoms with E-state index in [4.69, 9.17) is 4.99 Å². The third-order valence-corrected chi connectivity index (χ3v) is 7.59. The van der Waals surface area contributed by atoms with Gasteiger partial charge in [-0.2, -0.15) is 0 Å². The normalized spacial score (nSPS) is 15.1. The zero-order valence-electron chi connectivity index (χ0n) is 20.1. The van der Waals surface area contributed by atoms with Crippen LogP contribution in [0.25, 0.3) is 44.4 Å². The van der Waals surface area contributed by atoms with Gasteiger partial charge in [0.25, 0.3) is 0 Å². The van der Waals surface area contributed by atoms with E-state index in [0.717, 1.165) is 17.1 Å². The van der Waals surface area contributed by atoms with Crippen molar-refractivity contribution in [1.29, 1.82) is 0 Å². The molecule has 8 rings (SSSR count). The Balaban J connectivity index is 1.54. The lowest BCUT2D eigenvalue weighted by Crippen LogP contribution is -2.34. The summed E-state index contributed by atoms with van der Waals surface area (Å²) in [5, 5.41) is 6.33. The van der Waals surface area contributed by atoms with Crippen LogP contribution in [-0.4, -0.2) is 10.3 Å². The molecule has 1 unspecified atom stereocenters. The van der Waals surface area contributed by atoms with Crippen LogP contribution in [0.4, 0.5) is 11.4 Å². The lowest BCUT2D eigenvalue weighted by Gasteiger charge is -2.36. The Morgan fingerprint density at radius 3 is 2.16 bits per heavy atom. The van der Waals surface area contributed by atoms with Gasteiger partial charge in [0.05, 0.1) is 28.5 Å². The fraction of sp³-hybridized carbons (Fsp3) is 0.0294. The molecule has 1 atom stereocenters. The Hall–Kier alpha value is -4.89. The molecule has 0 amide bonds. The topological polar surface area (TPSA) is 29.3 Å². The summed E-state index contributed by atoms with van der Waals surface area (Å²) in [5.41, 5.74) is 11.6. The summed E-state index contributed by atoms with van der Waals surface area (Å²) in [5.74, 6) is 0. The number of aromatic nitrogens is 1. The molecule has 0 aliphatic carbocycles. The van der Waals surface area contributed by atoms with Gasteiger partial charge >= 0.3 is 0 Å². The van der Waals surface area contributed by atoms with Gasteiger partial charge in [0.2, 0.25) is 0 Å². The number of anilines is 1. The van der Waals surface area contributed by atoms with E-state index >= 15 is 0 Å². The largest absolute Gasteiger partial charge is 0.358 e. The lowest BCUT2D eigenvalue weighted by atomic mass is 9.87. The van der Waals surface area contributed by atoms with Gasteiger partial charge in [0.1, 0.15) is 6.17 Å². The van der Waals surface area contributed by atoms with Crippen LogP contribution >= 0.6 is 0 Å². The number of aliphatic imine (C=N–C) groups is 1. The van der Waals surface area contributed by atoms with Gasteiger partial charge in [-0.05, 0) is 40.1 Å². The molecule has 0 radical (unpaired) electrons. The number of para-hydroxylation sites is 2. The first-order chi connectivity index (χ1) is 18.4. The number of hydrogen-bond donors (Lipinski definition) is 1. The lowest BCUT2D eigenvalue weighted by molar-refractivity contribution is 0.717. The van der Waals surface area contributed by atoms with Crippen molar-refractivity contribution in [2.24, 2.45) is 4.99 Å². The molecule has 1 aromatic heterocycles. The van der Waals surface area contributed by atoms with E-state index in [-0.39, 0.29) is 6.17 Å². The van der Waals surface area contributed by atoms with E-state index in [0.29, 0.717) is 0 Å². The molecule has 2 aliphatic heterocycles. The average Bonchev–Trinajstić information content (AvgIpc) is 3.38. The summed E-state index contributed by atoms with van der Waals surface area (Å²) < 4.78 is 2.46. The van der Waals surface area contributed by atoms with Gasteiger partial charge in [0, 0.05) is 16.7 Å². The molecule has 174 valence electrons. The molecular weight excluding hydrogens is 450 g/mol. The maximum atomic E-state index is 5.31. The number of hydrogen-bond acceptors (Lipinski definition) is 2. The van der Waals surface area contributed by atoms with Gasteiger partial charge in [-0.15, -0.1) is 0 Å². The highest BCUT2D eigenvalue weighted by Crippen LogP contribution is 2.50. The van der Waals surface area contributed by atoms with E-state index in [1.54, 1.807) is 0 Å². The molecule has 3 heteroatoms. The minimum Gasteiger partial charge on any atom is -0.358 e. The molecule has 0 bridgehead atoms. The number of benzene rings is 5. The van der Waals surface area contributed by atoms with Crippen LogP contribution in [0.2, 0.25) is 0 Å². The number of rotatable bonds is 2. The summed E-state index contributed by atoms with van der Waals surface area (Å²) in [6.45, 7) is 0. The summed E-state index contributed by atoms with van der Waals surface area (Å²) in [6.07, 6.45) is -0.129. The van der Waals surface area contributed by atoms with Crippen LogP contribution in [0.5, 0.6) is 0 Å². The van der Waals surface area contributed by atoms with Gasteiger partial charge in [-0.1, -0.05) is 109 Å². The van der Waals surface area contributed by atoms with Gasteiger partial charge in [0.15, 0.2) is 0 Å². The predicted molar refractivity (Wildman–Crippen MR) is 154 cm³/mol. The quantitative estimate of drug-likeness (QED) is 0.268. The fourth-order valence-electron chi connectivity index (χ4n) is 5.96. The Bertz CT molecular complexity index is 1850. The first kappa shape index (κ1) is 20.3. The maximum Gasteiger partial charge on any atom is 0.148 e. The fourth-order valence-corrected chi connectivity index (χ4v) is 5.96. The SMILES string of the molecule is c1ccc(-c2cc(-c3ccccc3)n3c2-c2ccc4ccccc4c2C2=Nc4ccccc4NC23)cc1. The van der Waals surface area contributed by atoms with Crippen molar-refractivity contribution < 1.29 is 0 Å². The molecule has 3 nitrogen and oxygen atoms in total. The van der Waals surface area contributed by atoms with Gasteiger partial charge < -0.3 is 9.88 Å². The highest BCUT2D eigenvalue weighted by atomic mass is 15.2. The smallest absolute Gasteiger partial charge is 0.148 e. The van der Waals surface area contributed by atoms with Gasteiger partial charge in [-0.25, -0.2) is 4.99 Å². The number of nitrogens with zero attached hydrogens (tertiary/aromatic N) is 2. The Morgan fingerprint density at radius 2 is 1.32 bits per heavy atom. The molecule has 0 fully saturated rings. The van der Waals surface area contributed by atoms with Crippen LogP contribution in [0.1, 0.15) is 11.7 Å². The minimum atomic E-state index is -0.129. The second kappa shape index (κ2) is 7.81. The highest BCUT2D eigenvalue weighted by molar-refractivity contribution is 6.22. The Kier molecular flexibility index (Phi) is 4.29. The molecule has 6 aromatic rings. The molecule has 0 spiro atoms. The summed E-state index contributed by atoms with van der Waals surface area (Å²) in [7, 11) is 0. The Morgan fingerprint density at radius 1 is 0.622 bits per heavy atom. The number of nitrogens with one attached hydrogen (secondary N) is 1. The van der Waals surface area contributed by atoms with Gasteiger partial charge in [-0.3, -0.25) is 0 Å².